The monoisotopic (exact) mass is 228 g/mol. The van der Waals surface area contributed by atoms with Gasteiger partial charge in [-0.3, -0.25) is 9.97 Å². The van der Waals surface area contributed by atoms with Gasteiger partial charge in [0, 0.05) is 24.0 Å². The molecule has 0 fully saturated rings. The number of H-pyrrole nitrogens is 1. The van der Waals surface area contributed by atoms with Gasteiger partial charge in [0.25, 0.3) is 0 Å². The Morgan fingerprint density at radius 2 is 2.19 bits per heavy atom. The highest BCUT2D eigenvalue weighted by Gasteiger charge is 2.07. The van der Waals surface area contributed by atoms with Crippen molar-refractivity contribution in [2.75, 3.05) is 0 Å². The number of nitrogens with zero attached hydrogens (tertiary/aromatic N) is 3. The average Bonchev–Trinajstić information content (AvgIpc) is 3.01. The molecule has 0 bridgehead atoms. The van der Waals surface area contributed by atoms with Crippen LogP contribution in [0.4, 0.5) is 0 Å². The van der Waals surface area contributed by atoms with Crippen LogP contribution in [0.1, 0.15) is 0 Å². The highest BCUT2D eigenvalue weighted by molar-refractivity contribution is 7.13. The molecule has 78 valence electrons. The van der Waals surface area contributed by atoms with Crippen molar-refractivity contribution in [3.63, 3.8) is 0 Å². The zero-order chi connectivity index (χ0) is 10.8. The molecule has 0 amide bonds. The molecule has 5 heteroatoms. The highest BCUT2D eigenvalue weighted by Crippen LogP contribution is 2.25. The number of aromatic nitrogens is 4. The Morgan fingerprint density at radius 3 is 2.94 bits per heavy atom. The van der Waals surface area contributed by atoms with Crippen LogP contribution in [0, 0.1) is 0 Å². The van der Waals surface area contributed by atoms with Gasteiger partial charge in [-0.1, -0.05) is 0 Å². The zero-order valence-electron chi connectivity index (χ0n) is 8.29. The first-order valence-corrected chi connectivity index (χ1v) is 5.67. The van der Waals surface area contributed by atoms with Crippen molar-refractivity contribution in [2.24, 2.45) is 0 Å². The van der Waals surface area contributed by atoms with Crippen LogP contribution in [0.15, 0.2) is 42.3 Å². The summed E-state index contributed by atoms with van der Waals surface area (Å²) in [5, 5.41) is 2.90. The van der Waals surface area contributed by atoms with E-state index in [0.29, 0.717) is 0 Å². The van der Waals surface area contributed by atoms with Crippen LogP contribution >= 0.6 is 11.3 Å². The Morgan fingerprint density at radius 1 is 1.19 bits per heavy atom. The number of nitrogens with one attached hydrogen (secondary N) is 1. The molecule has 0 unspecified atom stereocenters. The molecule has 3 heterocycles. The van der Waals surface area contributed by atoms with Crippen molar-refractivity contribution in [3.05, 3.63) is 42.3 Å². The van der Waals surface area contributed by atoms with E-state index in [1.54, 1.807) is 29.9 Å². The maximum absolute atomic E-state index is 4.51. The van der Waals surface area contributed by atoms with Crippen LogP contribution < -0.4 is 0 Å². The zero-order valence-corrected chi connectivity index (χ0v) is 9.11. The first-order valence-electron chi connectivity index (χ1n) is 4.79. The minimum Gasteiger partial charge on any atom is -0.360 e. The number of aromatic amines is 1. The Balaban J connectivity index is 2.00. The van der Waals surface area contributed by atoms with Gasteiger partial charge in [0.05, 0.1) is 17.6 Å². The summed E-state index contributed by atoms with van der Waals surface area (Å²) in [7, 11) is 0. The summed E-state index contributed by atoms with van der Waals surface area (Å²) >= 11 is 1.57. The van der Waals surface area contributed by atoms with Gasteiger partial charge in [-0.15, -0.1) is 11.3 Å². The molecule has 0 aromatic carbocycles. The first kappa shape index (κ1) is 9.23. The molecule has 1 N–H and O–H groups in total. The summed E-state index contributed by atoms with van der Waals surface area (Å²) in [6, 6.07) is 3.95. The van der Waals surface area contributed by atoms with E-state index in [1.807, 2.05) is 23.7 Å². The molecule has 0 saturated heterocycles. The quantitative estimate of drug-likeness (QED) is 0.733. The van der Waals surface area contributed by atoms with Crippen molar-refractivity contribution >= 4 is 11.3 Å². The number of thiazole rings is 1. The SMILES string of the molecule is c1c[nH]c(-c2csc(-c3cnccn3)n2)c1. The summed E-state index contributed by atoms with van der Waals surface area (Å²) < 4.78 is 0. The Hall–Kier alpha value is -2.01. The summed E-state index contributed by atoms with van der Waals surface area (Å²) in [5.41, 5.74) is 2.77. The fourth-order valence-electron chi connectivity index (χ4n) is 1.41. The van der Waals surface area contributed by atoms with Crippen LogP contribution in [0.3, 0.4) is 0 Å². The molecule has 3 rings (SSSR count). The van der Waals surface area contributed by atoms with Crippen molar-refractivity contribution in [3.8, 4) is 22.1 Å². The molecule has 16 heavy (non-hydrogen) atoms. The van der Waals surface area contributed by atoms with Crippen molar-refractivity contribution in [1.82, 2.24) is 19.9 Å². The summed E-state index contributed by atoms with van der Waals surface area (Å²) in [6.07, 6.45) is 6.93. The molecule has 0 radical (unpaired) electrons. The van der Waals surface area contributed by atoms with Gasteiger partial charge >= 0.3 is 0 Å². The largest absolute Gasteiger partial charge is 0.360 e. The van der Waals surface area contributed by atoms with Crippen LogP contribution in [0.25, 0.3) is 22.1 Å². The third-order valence-electron chi connectivity index (χ3n) is 2.16. The number of hydrogen-bond donors (Lipinski definition) is 1. The van der Waals surface area contributed by atoms with Gasteiger partial charge < -0.3 is 4.98 Å². The van der Waals surface area contributed by atoms with Crippen molar-refractivity contribution in [2.45, 2.75) is 0 Å². The molecule has 0 atom stereocenters. The lowest BCUT2D eigenvalue weighted by Crippen LogP contribution is -1.83. The fraction of sp³-hybridized carbons (Fsp3) is 0. The lowest BCUT2D eigenvalue weighted by atomic mass is 10.3. The van der Waals surface area contributed by atoms with E-state index in [0.717, 1.165) is 22.1 Å². The maximum atomic E-state index is 4.51. The topological polar surface area (TPSA) is 54.5 Å². The minimum atomic E-state index is 0.810. The molecule has 0 aliphatic rings. The number of rotatable bonds is 2. The van der Waals surface area contributed by atoms with Gasteiger partial charge in [0.2, 0.25) is 0 Å². The first-order chi connectivity index (χ1) is 7.93. The van der Waals surface area contributed by atoms with Crippen LogP contribution in [0.5, 0.6) is 0 Å². The van der Waals surface area contributed by atoms with Crippen molar-refractivity contribution in [1.29, 1.82) is 0 Å². The average molecular weight is 228 g/mol. The van der Waals surface area contributed by atoms with Gasteiger partial charge in [-0.2, -0.15) is 0 Å². The second-order valence-corrected chi connectivity index (χ2v) is 4.07. The Kier molecular flexibility index (Phi) is 2.23. The summed E-state index contributed by atoms with van der Waals surface area (Å²) in [5.74, 6) is 0. The molecule has 4 nitrogen and oxygen atoms in total. The molecule has 0 spiro atoms. The lowest BCUT2D eigenvalue weighted by Gasteiger charge is -1.92. The maximum Gasteiger partial charge on any atom is 0.144 e. The molecular weight excluding hydrogens is 220 g/mol. The van der Waals surface area contributed by atoms with Gasteiger partial charge in [-0.25, -0.2) is 4.98 Å². The Labute approximate surface area is 96.1 Å². The van der Waals surface area contributed by atoms with Crippen LogP contribution in [0.2, 0.25) is 0 Å². The molecule has 0 saturated carbocycles. The summed E-state index contributed by atoms with van der Waals surface area (Å²) in [6.45, 7) is 0. The fourth-order valence-corrected chi connectivity index (χ4v) is 2.19. The highest BCUT2D eigenvalue weighted by atomic mass is 32.1. The van der Waals surface area contributed by atoms with E-state index in [2.05, 4.69) is 19.9 Å². The number of hydrogen-bond acceptors (Lipinski definition) is 4. The second-order valence-electron chi connectivity index (χ2n) is 3.21. The minimum absolute atomic E-state index is 0.810. The normalized spacial score (nSPS) is 10.5. The van der Waals surface area contributed by atoms with E-state index < -0.39 is 0 Å². The van der Waals surface area contributed by atoms with E-state index in [9.17, 15) is 0 Å². The summed E-state index contributed by atoms with van der Waals surface area (Å²) in [4.78, 5) is 15.9. The standard InChI is InChI=1S/C11H8N4S/c1-2-8(13-3-1)10-7-16-11(15-10)9-6-12-4-5-14-9/h1-7,13H. The third-order valence-corrected chi connectivity index (χ3v) is 3.03. The lowest BCUT2D eigenvalue weighted by molar-refractivity contribution is 1.19. The van der Waals surface area contributed by atoms with Gasteiger partial charge in [0.15, 0.2) is 0 Å². The Bertz CT molecular complexity index is 571. The van der Waals surface area contributed by atoms with E-state index in [4.69, 9.17) is 0 Å². The smallest absolute Gasteiger partial charge is 0.144 e. The molecular formula is C11H8N4S. The van der Waals surface area contributed by atoms with Crippen LogP contribution in [-0.2, 0) is 0 Å². The van der Waals surface area contributed by atoms with E-state index >= 15 is 0 Å². The molecule has 3 aromatic heterocycles. The molecule has 0 aliphatic heterocycles. The molecule has 3 aromatic rings. The van der Waals surface area contributed by atoms with E-state index in [-0.39, 0.29) is 0 Å². The van der Waals surface area contributed by atoms with Crippen LogP contribution in [-0.4, -0.2) is 19.9 Å². The third kappa shape index (κ3) is 1.61. The van der Waals surface area contributed by atoms with Crippen molar-refractivity contribution < 1.29 is 0 Å². The second kappa shape index (κ2) is 3.86. The predicted molar refractivity (Wildman–Crippen MR) is 62.9 cm³/mol. The van der Waals surface area contributed by atoms with Gasteiger partial charge in [-0.05, 0) is 12.1 Å². The van der Waals surface area contributed by atoms with Gasteiger partial charge in [0.1, 0.15) is 10.7 Å². The molecule has 0 aliphatic carbocycles. The predicted octanol–water partition coefficient (Wildman–Crippen LogP) is 2.60. The van der Waals surface area contributed by atoms with E-state index in [1.165, 1.54) is 0 Å².